The van der Waals surface area contributed by atoms with Gasteiger partial charge in [0.1, 0.15) is 5.82 Å². The Kier molecular flexibility index (Phi) is 2.07. The number of rotatable bonds is 2. The summed E-state index contributed by atoms with van der Waals surface area (Å²) in [6.07, 6.45) is 0. The SMILES string of the molecule is CC(C)c1nc(C2CNC2)nn1C. The molecule has 0 aromatic carbocycles. The summed E-state index contributed by atoms with van der Waals surface area (Å²) in [4.78, 5) is 4.54. The standard InChI is InChI=1S/C9H16N4/c1-6(2)9-11-8(12-13(9)3)7-4-10-5-7/h6-7,10H,4-5H2,1-3H3. The van der Waals surface area contributed by atoms with Crippen LogP contribution in [0.15, 0.2) is 0 Å². The topological polar surface area (TPSA) is 42.7 Å². The van der Waals surface area contributed by atoms with Crippen molar-refractivity contribution in [3.05, 3.63) is 11.6 Å². The first-order valence-corrected chi connectivity index (χ1v) is 4.80. The summed E-state index contributed by atoms with van der Waals surface area (Å²) in [5, 5.41) is 7.65. The van der Waals surface area contributed by atoms with E-state index in [2.05, 4.69) is 29.2 Å². The molecule has 0 aliphatic carbocycles. The monoisotopic (exact) mass is 180 g/mol. The molecule has 13 heavy (non-hydrogen) atoms. The van der Waals surface area contributed by atoms with Crippen molar-refractivity contribution >= 4 is 0 Å². The first kappa shape index (κ1) is 8.69. The highest BCUT2D eigenvalue weighted by Gasteiger charge is 2.24. The lowest BCUT2D eigenvalue weighted by Gasteiger charge is -2.23. The third-order valence-corrected chi connectivity index (χ3v) is 2.48. The number of nitrogens with zero attached hydrogens (tertiary/aromatic N) is 3. The molecule has 1 aromatic heterocycles. The van der Waals surface area contributed by atoms with E-state index in [0.717, 1.165) is 24.7 Å². The molecule has 0 bridgehead atoms. The highest BCUT2D eigenvalue weighted by molar-refractivity contribution is 5.06. The Balaban J connectivity index is 2.23. The molecular weight excluding hydrogens is 164 g/mol. The van der Waals surface area contributed by atoms with Crippen molar-refractivity contribution in [1.82, 2.24) is 20.1 Å². The van der Waals surface area contributed by atoms with Gasteiger partial charge in [0, 0.05) is 32.0 Å². The Morgan fingerprint density at radius 1 is 1.46 bits per heavy atom. The minimum Gasteiger partial charge on any atom is -0.315 e. The molecule has 1 aliphatic heterocycles. The van der Waals surface area contributed by atoms with Gasteiger partial charge in [-0.05, 0) is 0 Å². The minimum absolute atomic E-state index is 0.458. The lowest BCUT2D eigenvalue weighted by atomic mass is 10.0. The zero-order valence-electron chi connectivity index (χ0n) is 8.41. The smallest absolute Gasteiger partial charge is 0.156 e. The molecule has 1 aliphatic rings. The van der Waals surface area contributed by atoms with Gasteiger partial charge in [-0.2, -0.15) is 5.10 Å². The molecule has 1 N–H and O–H groups in total. The van der Waals surface area contributed by atoms with Crippen LogP contribution in [-0.2, 0) is 7.05 Å². The fraction of sp³-hybridized carbons (Fsp3) is 0.778. The van der Waals surface area contributed by atoms with E-state index in [1.807, 2.05) is 11.7 Å². The molecule has 2 rings (SSSR count). The second-order valence-corrected chi connectivity index (χ2v) is 3.96. The zero-order valence-corrected chi connectivity index (χ0v) is 8.41. The van der Waals surface area contributed by atoms with Crippen molar-refractivity contribution < 1.29 is 0 Å². The second-order valence-electron chi connectivity index (χ2n) is 3.96. The van der Waals surface area contributed by atoms with E-state index in [1.165, 1.54) is 0 Å². The minimum atomic E-state index is 0.458. The van der Waals surface area contributed by atoms with Crippen LogP contribution in [-0.4, -0.2) is 27.9 Å². The van der Waals surface area contributed by atoms with Gasteiger partial charge >= 0.3 is 0 Å². The van der Waals surface area contributed by atoms with Crippen molar-refractivity contribution in [2.45, 2.75) is 25.7 Å². The van der Waals surface area contributed by atoms with Crippen LogP contribution >= 0.6 is 0 Å². The normalized spacial score (nSPS) is 17.8. The van der Waals surface area contributed by atoms with Crippen molar-refractivity contribution in [1.29, 1.82) is 0 Å². The maximum atomic E-state index is 4.54. The first-order chi connectivity index (χ1) is 6.18. The van der Waals surface area contributed by atoms with Gasteiger partial charge in [-0.1, -0.05) is 13.8 Å². The lowest BCUT2D eigenvalue weighted by molar-refractivity contribution is 0.428. The van der Waals surface area contributed by atoms with Crippen LogP contribution < -0.4 is 5.32 Å². The first-order valence-electron chi connectivity index (χ1n) is 4.80. The van der Waals surface area contributed by atoms with Crippen LogP contribution in [0.4, 0.5) is 0 Å². The van der Waals surface area contributed by atoms with Gasteiger partial charge in [0.25, 0.3) is 0 Å². The van der Waals surface area contributed by atoms with E-state index in [0.29, 0.717) is 11.8 Å². The quantitative estimate of drug-likeness (QED) is 0.725. The maximum Gasteiger partial charge on any atom is 0.156 e. The van der Waals surface area contributed by atoms with Crippen molar-refractivity contribution in [2.75, 3.05) is 13.1 Å². The molecule has 4 heteroatoms. The number of hydrogen-bond donors (Lipinski definition) is 1. The third kappa shape index (κ3) is 1.46. The summed E-state index contributed by atoms with van der Waals surface area (Å²) in [5.41, 5.74) is 0. The van der Waals surface area contributed by atoms with Crippen LogP contribution in [0.1, 0.15) is 37.3 Å². The molecule has 72 valence electrons. The summed E-state index contributed by atoms with van der Waals surface area (Å²) < 4.78 is 1.90. The number of nitrogens with one attached hydrogen (secondary N) is 1. The molecule has 2 heterocycles. The summed E-state index contributed by atoms with van der Waals surface area (Å²) in [7, 11) is 1.97. The van der Waals surface area contributed by atoms with Crippen LogP contribution in [0.3, 0.4) is 0 Å². The third-order valence-electron chi connectivity index (χ3n) is 2.48. The number of aromatic nitrogens is 3. The maximum absolute atomic E-state index is 4.54. The Hall–Kier alpha value is -0.900. The molecule has 0 atom stereocenters. The van der Waals surface area contributed by atoms with E-state index >= 15 is 0 Å². The number of aryl methyl sites for hydroxylation is 1. The zero-order chi connectivity index (χ0) is 9.42. The molecule has 0 amide bonds. The summed E-state index contributed by atoms with van der Waals surface area (Å²) in [6.45, 7) is 6.35. The van der Waals surface area contributed by atoms with Gasteiger partial charge in [0.15, 0.2) is 5.82 Å². The van der Waals surface area contributed by atoms with Crippen molar-refractivity contribution in [3.8, 4) is 0 Å². The van der Waals surface area contributed by atoms with E-state index in [9.17, 15) is 0 Å². The fourth-order valence-corrected chi connectivity index (χ4v) is 1.56. The van der Waals surface area contributed by atoms with Crippen LogP contribution in [0.2, 0.25) is 0 Å². The Morgan fingerprint density at radius 3 is 2.54 bits per heavy atom. The van der Waals surface area contributed by atoms with Gasteiger partial charge in [-0.15, -0.1) is 0 Å². The number of hydrogen-bond acceptors (Lipinski definition) is 3. The van der Waals surface area contributed by atoms with Crippen molar-refractivity contribution in [3.63, 3.8) is 0 Å². The summed E-state index contributed by atoms with van der Waals surface area (Å²) in [6, 6.07) is 0. The van der Waals surface area contributed by atoms with Gasteiger partial charge in [0.05, 0.1) is 0 Å². The molecule has 0 spiro atoms. The highest BCUT2D eigenvalue weighted by atomic mass is 15.3. The largest absolute Gasteiger partial charge is 0.315 e. The van der Waals surface area contributed by atoms with Crippen LogP contribution in [0.25, 0.3) is 0 Å². The van der Waals surface area contributed by atoms with E-state index < -0.39 is 0 Å². The predicted octanol–water partition coefficient (Wildman–Crippen LogP) is 0.625. The Labute approximate surface area is 78.4 Å². The van der Waals surface area contributed by atoms with Crippen LogP contribution in [0, 0.1) is 0 Å². The Bertz CT molecular complexity index is 299. The summed E-state index contributed by atoms with van der Waals surface area (Å²) >= 11 is 0. The predicted molar refractivity (Wildman–Crippen MR) is 50.7 cm³/mol. The van der Waals surface area contributed by atoms with Crippen LogP contribution in [0.5, 0.6) is 0 Å². The average Bonchev–Trinajstić information content (AvgIpc) is 2.27. The highest BCUT2D eigenvalue weighted by Crippen LogP contribution is 2.18. The van der Waals surface area contributed by atoms with E-state index in [-0.39, 0.29) is 0 Å². The molecule has 0 unspecified atom stereocenters. The average molecular weight is 180 g/mol. The fourth-order valence-electron chi connectivity index (χ4n) is 1.56. The molecule has 1 saturated heterocycles. The van der Waals surface area contributed by atoms with Gasteiger partial charge < -0.3 is 5.32 Å². The van der Waals surface area contributed by atoms with Gasteiger partial charge in [-0.25, -0.2) is 4.98 Å². The Morgan fingerprint density at radius 2 is 2.15 bits per heavy atom. The molecule has 4 nitrogen and oxygen atoms in total. The van der Waals surface area contributed by atoms with E-state index in [4.69, 9.17) is 0 Å². The lowest BCUT2D eigenvalue weighted by Crippen LogP contribution is -2.40. The summed E-state index contributed by atoms with van der Waals surface area (Å²) in [5.74, 6) is 3.09. The molecular formula is C9H16N4. The van der Waals surface area contributed by atoms with Gasteiger partial charge in [0.2, 0.25) is 0 Å². The molecule has 0 radical (unpaired) electrons. The van der Waals surface area contributed by atoms with E-state index in [1.54, 1.807) is 0 Å². The molecule has 1 aromatic rings. The second kappa shape index (κ2) is 3.10. The van der Waals surface area contributed by atoms with Gasteiger partial charge in [-0.3, -0.25) is 4.68 Å². The van der Waals surface area contributed by atoms with Crippen molar-refractivity contribution in [2.24, 2.45) is 7.05 Å². The molecule has 1 fully saturated rings. The molecule has 0 saturated carbocycles.